The summed E-state index contributed by atoms with van der Waals surface area (Å²) in [6.07, 6.45) is 3.08. The highest BCUT2D eigenvalue weighted by Gasteiger charge is 2.48. The van der Waals surface area contributed by atoms with Gasteiger partial charge in [0.2, 0.25) is 0 Å². The maximum Gasteiger partial charge on any atom is 0.410 e. The van der Waals surface area contributed by atoms with Gasteiger partial charge in [0.05, 0.1) is 24.2 Å². The van der Waals surface area contributed by atoms with E-state index in [0.29, 0.717) is 55.1 Å². The Morgan fingerprint density at radius 3 is 2.68 bits per heavy atom. The predicted octanol–water partition coefficient (Wildman–Crippen LogP) is 2.16. The summed E-state index contributed by atoms with van der Waals surface area (Å²) < 4.78 is 11.3. The van der Waals surface area contributed by atoms with Crippen LogP contribution in [0.4, 0.5) is 4.79 Å². The second-order valence-electron chi connectivity index (χ2n) is 7.35. The number of ether oxygens (including phenoxy) is 1. The minimum Gasteiger partial charge on any atom is -0.465 e. The van der Waals surface area contributed by atoms with Crippen molar-refractivity contribution in [3.8, 4) is 0 Å². The zero-order valence-electron chi connectivity index (χ0n) is 14.6. The van der Waals surface area contributed by atoms with Gasteiger partial charge in [0.25, 0.3) is 5.91 Å². The number of Topliss-reactive ketones (excluding diaryl/α,β-unsaturated/α-hetero) is 1. The van der Waals surface area contributed by atoms with E-state index in [2.05, 4.69) is 0 Å². The molecule has 3 aliphatic rings. The van der Waals surface area contributed by atoms with E-state index < -0.39 is 5.60 Å². The smallest absolute Gasteiger partial charge is 0.410 e. The fourth-order valence-corrected chi connectivity index (χ4v) is 4.30. The number of hydrogen-bond donors (Lipinski definition) is 0. The lowest BCUT2D eigenvalue weighted by atomic mass is 9.90. The molecule has 0 radical (unpaired) electrons. The molecule has 0 unspecified atom stereocenters. The fourth-order valence-electron chi connectivity index (χ4n) is 4.30. The van der Waals surface area contributed by atoms with Gasteiger partial charge in [-0.05, 0) is 26.2 Å². The Morgan fingerprint density at radius 1 is 1.16 bits per heavy atom. The summed E-state index contributed by atoms with van der Waals surface area (Å²) in [6.45, 7) is 3.17. The third-order valence-corrected chi connectivity index (χ3v) is 5.43. The van der Waals surface area contributed by atoms with Crippen LogP contribution in [0.25, 0.3) is 0 Å². The highest BCUT2D eigenvalue weighted by Crippen LogP contribution is 2.34. The van der Waals surface area contributed by atoms with Crippen LogP contribution in [-0.2, 0) is 11.2 Å². The molecule has 2 amide bonds. The molecule has 1 aliphatic carbocycles. The molecule has 2 aliphatic heterocycles. The molecule has 1 aromatic rings. The summed E-state index contributed by atoms with van der Waals surface area (Å²) >= 11 is 0. The van der Waals surface area contributed by atoms with Gasteiger partial charge in [-0.2, -0.15) is 0 Å². The second-order valence-corrected chi connectivity index (χ2v) is 7.35. The Balaban J connectivity index is 1.63. The van der Waals surface area contributed by atoms with Crippen molar-refractivity contribution < 1.29 is 23.5 Å². The van der Waals surface area contributed by atoms with Gasteiger partial charge in [0.15, 0.2) is 5.78 Å². The summed E-state index contributed by atoms with van der Waals surface area (Å²) in [5.41, 5.74) is 0.227. The van der Waals surface area contributed by atoms with E-state index in [0.717, 1.165) is 19.3 Å². The number of piperidine rings is 1. The molecule has 1 spiro atoms. The highest BCUT2D eigenvalue weighted by molar-refractivity contribution is 6.10. The normalized spacial score (nSPS) is 26.2. The Labute approximate surface area is 145 Å². The molecule has 25 heavy (non-hydrogen) atoms. The van der Waals surface area contributed by atoms with Crippen LogP contribution < -0.4 is 0 Å². The lowest BCUT2D eigenvalue weighted by Crippen LogP contribution is -2.52. The van der Waals surface area contributed by atoms with Crippen LogP contribution in [0, 0.1) is 6.92 Å². The topological polar surface area (TPSA) is 80.1 Å². The predicted molar refractivity (Wildman–Crippen MR) is 87.7 cm³/mol. The first-order chi connectivity index (χ1) is 11.9. The van der Waals surface area contributed by atoms with Gasteiger partial charge < -0.3 is 19.0 Å². The maximum absolute atomic E-state index is 13.2. The number of carbonyl (C=O) groups excluding carboxylic acids is 3. The van der Waals surface area contributed by atoms with Crippen molar-refractivity contribution >= 4 is 17.8 Å². The summed E-state index contributed by atoms with van der Waals surface area (Å²) in [4.78, 5) is 40.5. The van der Waals surface area contributed by atoms with Crippen LogP contribution in [0.15, 0.2) is 4.42 Å². The number of rotatable bonds is 1. The van der Waals surface area contributed by atoms with Gasteiger partial charge in [-0.25, -0.2) is 4.79 Å². The molecule has 2 fully saturated rings. The molecular formula is C18H22N2O5. The van der Waals surface area contributed by atoms with E-state index in [-0.39, 0.29) is 17.8 Å². The summed E-state index contributed by atoms with van der Waals surface area (Å²) in [5.74, 6) is 0.934. The SMILES string of the molecule is Cc1oc2c(c1C(=O)N1CCC[C@]3(CN(C)C(=O)O3)C1)C(=O)CCC2. The van der Waals surface area contributed by atoms with Crippen molar-refractivity contribution in [1.82, 2.24) is 9.80 Å². The van der Waals surface area contributed by atoms with Crippen LogP contribution >= 0.6 is 0 Å². The highest BCUT2D eigenvalue weighted by atomic mass is 16.6. The first-order valence-corrected chi connectivity index (χ1v) is 8.79. The van der Waals surface area contributed by atoms with Crippen LogP contribution in [-0.4, -0.2) is 59.9 Å². The molecule has 3 heterocycles. The van der Waals surface area contributed by atoms with Crippen molar-refractivity contribution in [2.75, 3.05) is 26.7 Å². The fraction of sp³-hybridized carbons (Fsp3) is 0.611. The molecule has 2 saturated heterocycles. The number of aryl methyl sites for hydroxylation is 2. The van der Waals surface area contributed by atoms with Crippen LogP contribution in [0.2, 0.25) is 0 Å². The number of hydrogen-bond acceptors (Lipinski definition) is 5. The molecular weight excluding hydrogens is 324 g/mol. The zero-order chi connectivity index (χ0) is 17.8. The molecule has 1 atom stereocenters. The lowest BCUT2D eigenvalue weighted by molar-refractivity contribution is -0.00530. The Kier molecular flexibility index (Phi) is 3.63. The molecule has 4 rings (SSSR count). The number of furan rings is 1. The van der Waals surface area contributed by atoms with Gasteiger partial charge in [0.1, 0.15) is 17.1 Å². The second kappa shape index (κ2) is 5.61. The van der Waals surface area contributed by atoms with Crippen molar-refractivity contribution in [1.29, 1.82) is 0 Å². The van der Waals surface area contributed by atoms with E-state index in [1.165, 1.54) is 0 Å². The minimum absolute atomic E-state index is 0.0137. The number of likely N-dealkylation sites (tertiary alicyclic amines) is 1. The Bertz CT molecular complexity index is 768. The third-order valence-electron chi connectivity index (χ3n) is 5.43. The van der Waals surface area contributed by atoms with Crippen LogP contribution in [0.5, 0.6) is 0 Å². The van der Waals surface area contributed by atoms with Crippen LogP contribution in [0.3, 0.4) is 0 Å². The Morgan fingerprint density at radius 2 is 1.96 bits per heavy atom. The van der Waals surface area contributed by atoms with Gasteiger partial charge in [0, 0.05) is 26.4 Å². The molecule has 0 N–H and O–H groups in total. The van der Waals surface area contributed by atoms with Gasteiger partial charge in [-0.1, -0.05) is 0 Å². The molecule has 0 aromatic carbocycles. The average Bonchev–Trinajstić information content (AvgIpc) is 3.04. The molecule has 7 nitrogen and oxygen atoms in total. The van der Waals surface area contributed by atoms with Crippen molar-refractivity contribution in [2.45, 2.75) is 44.6 Å². The maximum atomic E-state index is 13.2. The van der Waals surface area contributed by atoms with E-state index in [1.807, 2.05) is 0 Å². The summed E-state index contributed by atoms with van der Waals surface area (Å²) in [5, 5.41) is 0. The molecule has 0 saturated carbocycles. The number of nitrogens with zero attached hydrogens (tertiary/aromatic N) is 2. The third kappa shape index (κ3) is 2.53. The molecule has 0 bridgehead atoms. The number of amides is 2. The first-order valence-electron chi connectivity index (χ1n) is 8.79. The molecule has 134 valence electrons. The summed E-state index contributed by atoms with van der Waals surface area (Å²) in [7, 11) is 1.70. The van der Waals surface area contributed by atoms with E-state index in [9.17, 15) is 14.4 Å². The van der Waals surface area contributed by atoms with Crippen LogP contribution in [0.1, 0.15) is 57.9 Å². The monoisotopic (exact) mass is 346 g/mol. The molecule has 7 heteroatoms. The number of likely N-dealkylation sites (N-methyl/N-ethyl adjacent to an activating group) is 1. The Hall–Kier alpha value is -2.31. The minimum atomic E-state index is -0.637. The van der Waals surface area contributed by atoms with Crippen molar-refractivity contribution in [2.24, 2.45) is 0 Å². The van der Waals surface area contributed by atoms with E-state index in [1.54, 1.807) is 23.8 Å². The largest absolute Gasteiger partial charge is 0.465 e. The lowest BCUT2D eigenvalue weighted by Gasteiger charge is -2.38. The first kappa shape index (κ1) is 16.2. The average molecular weight is 346 g/mol. The number of ketones is 1. The number of fused-ring (bicyclic) bond motifs is 1. The van der Waals surface area contributed by atoms with Crippen molar-refractivity contribution in [3.05, 3.63) is 22.6 Å². The van der Waals surface area contributed by atoms with Gasteiger partial charge in [-0.15, -0.1) is 0 Å². The van der Waals surface area contributed by atoms with E-state index >= 15 is 0 Å². The van der Waals surface area contributed by atoms with Gasteiger partial charge in [-0.3, -0.25) is 9.59 Å². The van der Waals surface area contributed by atoms with E-state index in [4.69, 9.17) is 9.15 Å². The standard InChI is InChI=1S/C18H22N2O5/c1-11-14(15-12(21)5-3-6-13(15)24-11)16(22)20-8-4-7-18(10-20)9-19(2)17(23)25-18/h3-10H2,1-2H3/t18-/m0/s1. The van der Waals surface area contributed by atoms with Gasteiger partial charge >= 0.3 is 6.09 Å². The zero-order valence-corrected chi connectivity index (χ0v) is 14.6. The number of carbonyl (C=O) groups is 3. The van der Waals surface area contributed by atoms with Crippen molar-refractivity contribution in [3.63, 3.8) is 0 Å². The molecule has 1 aromatic heterocycles. The quantitative estimate of drug-likeness (QED) is 0.778. The summed E-state index contributed by atoms with van der Waals surface area (Å²) in [6, 6.07) is 0.